The van der Waals surface area contributed by atoms with Gasteiger partial charge in [-0.25, -0.2) is 0 Å². The minimum Gasteiger partial charge on any atom is -0.344 e. The number of nitriles is 4. The van der Waals surface area contributed by atoms with Crippen LogP contribution in [0.3, 0.4) is 0 Å². The van der Waals surface area contributed by atoms with E-state index >= 15 is 0 Å². The van der Waals surface area contributed by atoms with Gasteiger partial charge in [-0.05, 0) is 29.5 Å². The molecule has 0 fully saturated rings. The van der Waals surface area contributed by atoms with E-state index in [1.54, 1.807) is 0 Å². The molecule has 2 aliphatic carbocycles. The van der Waals surface area contributed by atoms with Crippen LogP contribution in [0.15, 0.2) is 30.3 Å². The summed E-state index contributed by atoms with van der Waals surface area (Å²) in [7, 11) is 0. The number of aromatic nitrogens is 1. The van der Waals surface area contributed by atoms with E-state index in [2.05, 4.69) is 41.0 Å². The molecule has 0 bridgehead atoms. The van der Waals surface area contributed by atoms with E-state index in [0.29, 0.717) is 32.2 Å². The summed E-state index contributed by atoms with van der Waals surface area (Å²) < 4.78 is 2.26. The molecule has 5 heteroatoms. The van der Waals surface area contributed by atoms with E-state index in [-0.39, 0.29) is 23.7 Å². The Bertz CT molecular complexity index is 1000. The summed E-state index contributed by atoms with van der Waals surface area (Å²) in [5.41, 5.74) is 5.67. The fraction of sp³-hybridized carbons (Fsp3) is 0.391. The Labute approximate surface area is 164 Å². The Balaban J connectivity index is 1.86. The van der Waals surface area contributed by atoms with Crippen molar-refractivity contribution in [2.75, 3.05) is 0 Å². The number of hydrogen-bond acceptors (Lipinski definition) is 4. The molecule has 0 radical (unpaired) electrons. The van der Waals surface area contributed by atoms with Crippen molar-refractivity contribution < 1.29 is 0 Å². The predicted octanol–water partition coefficient (Wildman–Crippen LogP) is 3.29. The maximum absolute atomic E-state index is 9.57. The highest BCUT2D eigenvalue weighted by Crippen LogP contribution is 2.41. The summed E-state index contributed by atoms with van der Waals surface area (Å²) in [4.78, 5) is 0. The van der Waals surface area contributed by atoms with Crippen molar-refractivity contribution in [1.82, 2.24) is 4.57 Å². The van der Waals surface area contributed by atoms with Gasteiger partial charge in [-0.1, -0.05) is 30.3 Å². The van der Waals surface area contributed by atoms with E-state index < -0.39 is 0 Å². The number of rotatable bonds is 2. The molecule has 1 heterocycles. The lowest BCUT2D eigenvalue weighted by molar-refractivity contribution is 0.444. The van der Waals surface area contributed by atoms with Crippen LogP contribution in [-0.2, 0) is 32.2 Å². The minimum atomic E-state index is -0.318. The Kier molecular flexibility index (Phi) is 4.61. The van der Waals surface area contributed by atoms with Gasteiger partial charge in [0.05, 0.1) is 47.9 Å². The highest BCUT2D eigenvalue weighted by molar-refractivity contribution is 5.46. The molecule has 0 aliphatic heterocycles. The largest absolute Gasteiger partial charge is 0.344 e. The van der Waals surface area contributed by atoms with Gasteiger partial charge in [0.1, 0.15) is 0 Å². The van der Waals surface area contributed by atoms with Crippen LogP contribution < -0.4 is 0 Å². The van der Waals surface area contributed by atoms with Crippen LogP contribution in [0.25, 0.3) is 0 Å². The molecule has 0 amide bonds. The topological polar surface area (TPSA) is 100 Å². The normalized spacial score (nSPS) is 25.3. The van der Waals surface area contributed by atoms with Crippen molar-refractivity contribution >= 4 is 0 Å². The van der Waals surface area contributed by atoms with Crippen molar-refractivity contribution in [1.29, 1.82) is 21.0 Å². The number of hydrogen-bond donors (Lipinski definition) is 0. The predicted molar refractivity (Wildman–Crippen MR) is 101 cm³/mol. The fourth-order valence-electron chi connectivity index (χ4n) is 4.71. The van der Waals surface area contributed by atoms with Crippen LogP contribution in [-0.4, -0.2) is 4.57 Å². The van der Waals surface area contributed by atoms with Gasteiger partial charge in [0.2, 0.25) is 0 Å². The quantitative estimate of drug-likeness (QED) is 0.815. The highest BCUT2D eigenvalue weighted by atomic mass is 15.0. The van der Waals surface area contributed by atoms with Gasteiger partial charge >= 0.3 is 0 Å². The lowest BCUT2D eigenvalue weighted by Gasteiger charge is -2.25. The first kappa shape index (κ1) is 17.9. The molecule has 28 heavy (non-hydrogen) atoms. The van der Waals surface area contributed by atoms with Crippen molar-refractivity contribution in [3.63, 3.8) is 0 Å². The van der Waals surface area contributed by atoms with Crippen LogP contribution in [0.5, 0.6) is 0 Å². The summed E-state index contributed by atoms with van der Waals surface area (Å²) in [6.07, 6.45) is 2.23. The second kappa shape index (κ2) is 7.23. The average Bonchev–Trinajstić information content (AvgIpc) is 3.04. The monoisotopic (exact) mass is 365 g/mol. The molecule has 136 valence electrons. The van der Waals surface area contributed by atoms with Crippen molar-refractivity contribution in [2.45, 2.75) is 32.2 Å². The molecule has 1 aromatic heterocycles. The van der Waals surface area contributed by atoms with Gasteiger partial charge in [0.25, 0.3) is 0 Å². The Hall–Kier alpha value is -3.54. The minimum absolute atomic E-state index is 0.316. The molecule has 0 N–H and O–H groups in total. The molecule has 0 saturated carbocycles. The molecule has 0 spiro atoms. The van der Waals surface area contributed by atoms with Crippen LogP contribution in [0.2, 0.25) is 0 Å². The SMILES string of the molecule is N#CC1Cc2c3c(n(Cc4ccccc4)c2CC1C#N)CC(C#N)C(C#N)C3. The van der Waals surface area contributed by atoms with Gasteiger partial charge in [-0.3, -0.25) is 0 Å². The zero-order valence-electron chi connectivity index (χ0n) is 15.5. The Morgan fingerprint density at radius 1 is 0.679 bits per heavy atom. The maximum atomic E-state index is 9.57. The summed E-state index contributed by atoms with van der Waals surface area (Å²) >= 11 is 0. The standard InChI is InChI=1S/C23H19N5/c24-10-16-6-20-21-7-17(11-25)19(13-27)9-23(21)28(22(20)8-18(16)12-26)14-15-4-2-1-3-5-15/h1-5,16-19H,6-9,14H2. The van der Waals surface area contributed by atoms with Crippen LogP contribution >= 0.6 is 0 Å². The van der Waals surface area contributed by atoms with Crippen LogP contribution in [0.1, 0.15) is 28.1 Å². The van der Waals surface area contributed by atoms with Crippen molar-refractivity contribution in [3.8, 4) is 24.3 Å². The zero-order valence-corrected chi connectivity index (χ0v) is 15.5. The number of fused-ring (bicyclic) bond motifs is 3. The van der Waals surface area contributed by atoms with E-state index in [1.807, 2.05) is 18.2 Å². The van der Waals surface area contributed by atoms with E-state index in [1.165, 1.54) is 0 Å². The third kappa shape index (κ3) is 2.83. The smallest absolute Gasteiger partial charge is 0.0679 e. The third-order valence-electron chi connectivity index (χ3n) is 6.21. The molecule has 5 nitrogen and oxygen atoms in total. The fourth-order valence-corrected chi connectivity index (χ4v) is 4.71. The van der Waals surface area contributed by atoms with Crippen LogP contribution in [0, 0.1) is 69.0 Å². The third-order valence-corrected chi connectivity index (χ3v) is 6.21. The zero-order chi connectivity index (χ0) is 19.7. The summed E-state index contributed by atoms with van der Waals surface area (Å²) in [6, 6.07) is 19.4. The molecule has 4 atom stereocenters. The van der Waals surface area contributed by atoms with Gasteiger partial charge in [0, 0.05) is 30.8 Å². The Morgan fingerprint density at radius 2 is 1.11 bits per heavy atom. The summed E-state index contributed by atoms with van der Waals surface area (Å²) in [6.45, 7) is 0.684. The van der Waals surface area contributed by atoms with Gasteiger partial charge in [0.15, 0.2) is 0 Å². The number of benzene rings is 1. The molecular formula is C23H19N5. The van der Waals surface area contributed by atoms with Gasteiger partial charge in [-0.15, -0.1) is 0 Å². The second-order valence-corrected chi connectivity index (χ2v) is 7.68. The lowest BCUT2D eigenvalue weighted by atomic mass is 9.74. The molecule has 1 aromatic carbocycles. The summed E-state index contributed by atoms with van der Waals surface area (Å²) in [5.74, 6) is -1.27. The lowest BCUT2D eigenvalue weighted by Crippen LogP contribution is -2.25. The van der Waals surface area contributed by atoms with Gasteiger partial charge < -0.3 is 4.57 Å². The first-order valence-corrected chi connectivity index (χ1v) is 9.54. The Morgan fingerprint density at radius 3 is 1.54 bits per heavy atom. The molecule has 4 rings (SSSR count). The first-order valence-electron chi connectivity index (χ1n) is 9.54. The summed E-state index contributed by atoms with van der Waals surface area (Å²) in [5, 5.41) is 38.2. The van der Waals surface area contributed by atoms with Crippen molar-refractivity contribution in [3.05, 3.63) is 58.4 Å². The van der Waals surface area contributed by atoms with Crippen LogP contribution in [0.4, 0.5) is 0 Å². The van der Waals surface area contributed by atoms with E-state index in [4.69, 9.17) is 0 Å². The maximum Gasteiger partial charge on any atom is 0.0679 e. The van der Waals surface area contributed by atoms with E-state index in [0.717, 1.165) is 28.1 Å². The number of nitrogens with zero attached hydrogens (tertiary/aromatic N) is 5. The molecule has 0 saturated heterocycles. The van der Waals surface area contributed by atoms with Crippen molar-refractivity contribution in [2.24, 2.45) is 23.7 Å². The molecule has 2 aliphatic rings. The molecular weight excluding hydrogens is 346 g/mol. The van der Waals surface area contributed by atoms with Gasteiger partial charge in [-0.2, -0.15) is 21.0 Å². The van der Waals surface area contributed by atoms with E-state index in [9.17, 15) is 21.0 Å². The second-order valence-electron chi connectivity index (χ2n) is 7.68. The first-order chi connectivity index (χ1) is 13.7. The average molecular weight is 365 g/mol. The molecule has 2 aromatic rings. The highest BCUT2D eigenvalue weighted by Gasteiger charge is 2.39. The molecule has 4 unspecified atom stereocenters.